The van der Waals surface area contributed by atoms with Gasteiger partial charge in [-0.25, -0.2) is 4.98 Å². The molecule has 0 saturated carbocycles. The number of fused-ring (bicyclic) bond motifs is 2. The quantitative estimate of drug-likeness (QED) is 0.664. The van der Waals surface area contributed by atoms with Crippen LogP contribution >= 0.6 is 11.3 Å². The van der Waals surface area contributed by atoms with Crippen molar-refractivity contribution in [2.24, 2.45) is 11.8 Å². The van der Waals surface area contributed by atoms with Crippen molar-refractivity contribution in [1.82, 2.24) is 9.88 Å². The Labute approximate surface area is 154 Å². The Morgan fingerprint density at radius 2 is 1.92 bits per heavy atom. The van der Waals surface area contributed by atoms with E-state index in [-0.39, 0.29) is 42.5 Å². The zero-order chi connectivity index (χ0) is 18.3. The van der Waals surface area contributed by atoms with Gasteiger partial charge in [-0.3, -0.25) is 19.3 Å². The molecule has 0 bridgehead atoms. The normalized spacial score (nSPS) is 22.1. The van der Waals surface area contributed by atoms with E-state index in [1.165, 1.54) is 16.2 Å². The van der Waals surface area contributed by atoms with Gasteiger partial charge < -0.3 is 5.32 Å². The molecular formula is C19H19N3O3S. The highest BCUT2D eigenvalue weighted by Crippen LogP contribution is 2.35. The molecule has 1 aromatic carbocycles. The standard InChI is InChI=1S/C19H19N3O3S/c1-11-6-7-14-15(10-11)26-19(20-14)21-16(23)8-9-22-17(24)12-4-2-3-5-13(12)18(22)25/h2-3,6-7,10,12-13H,4-5,8-9H2,1H3,(H,20,21,23)/t12-,13+. The Morgan fingerprint density at radius 3 is 2.62 bits per heavy atom. The van der Waals surface area contributed by atoms with Gasteiger partial charge in [0.2, 0.25) is 17.7 Å². The number of likely N-dealkylation sites (tertiary alicyclic amines) is 1. The molecule has 0 spiro atoms. The number of hydrogen-bond donors (Lipinski definition) is 1. The summed E-state index contributed by atoms with van der Waals surface area (Å²) in [5.41, 5.74) is 1.98. The summed E-state index contributed by atoms with van der Waals surface area (Å²) in [4.78, 5) is 42.7. The monoisotopic (exact) mass is 369 g/mol. The predicted octanol–water partition coefficient (Wildman–Crippen LogP) is 2.88. The van der Waals surface area contributed by atoms with Crippen LogP contribution in [-0.2, 0) is 14.4 Å². The second-order valence-corrected chi connectivity index (χ2v) is 7.80. The van der Waals surface area contributed by atoms with E-state index in [2.05, 4.69) is 10.3 Å². The maximum Gasteiger partial charge on any atom is 0.233 e. The summed E-state index contributed by atoms with van der Waals surface area (Å²) >= 11 is 1.42. The molecule has 1 aliphatic carbocycles. The summed E-state index contributed by atoms with van der Waals surface area (Å²) in [6, 6.07) is 5.93. The van der Waals surface area contributed by atoms with Crippen LogP contribution in [0, 0.1) is 18.8 Å². The Hall–Kier alpha value is -2.54. The minimum absolute atomic E-state index is 0.0826. The third-order valence-corrected chi connectivity index (χ3v) is 5.89. The van der Waals surface area contributed by atoms with E-state index in [1.807, 2.05) is 37.3 Å². The molecule has 1 aromatic heterocycles. The molecule has 0 unspecified atom stereocenters. The fraction of sp³-hybridized carbons (Fsp3) is 0.368. The molecule has 6 nitrogen and oxygen atoms in total. The molecule has 0 radical (unpaired) electrons. The molecule has 3 amide bonds. The molecule has 7 heteroatoms. The SMILES string of the molecule is Cc1ccc2nc(NC(=O)CCN3C(=O)[C@H]4CC=CC[C@H]4C3=O)sc2c1. The van der Waals surface area contributed by atoms with Crippen molar-refractivity contribution >= 4 is 44.4 Å². The summed E-state index contributed by atoms with van der Waals surface area (Å²) in [5.74, 6) is -1.03. The van der Waals surface area contributed by atoms with Crippen LogP contribution in [0.4, 0.5) is 5.13 Å². The topological polar surface area (TPSA) is 79.4 Å². The molecule has 26 heavy (non-hydrogen) atoms. The van der Waals surface area contributed by atoms with E-state index >= 15 is 0 Å². The summed E-state index contributed by atoms with van der Waals surface area (Å²) in [6.07, 6.45) is 5.22. The summed E-state index contributed by atoms with van der Waals surface area (Å²) in [5, 5.41) is 3.31. The Balaban J connectivity index is 1.37. The van der Waals surface area contributed by atoms with Crippen molar-refractivity contribution in [3.63, 3.8) is 0 Å². The van der Waals surface area contributed by atoms with Crippen LogP contribution in [0.2, 0.25) is 0 Å². The number of anilines is 1. The van der Waals surface area contributed by atoms with Gasteiger partial charge in [0.05, 0.1) is 22.1 Å². The third-order valence-electron chi connectivity index (χ3n) is 4.95. The Bertz CT molecular complexity index is 907. The van der Waals surface area contributed by atoms with Gasteiger partial charge in [-0.15, -0.1) is 0 Å². The molecule has 4 rings (SSSR count). The molecule has 2 aliphatic rings. The highest BCUT2D eigenvalue weighted by molar-refractivity contribution is 7.22. The first-order valence-corrected chi connectivity index (χ1v) is 9.52. The second-order valence-electron chi connectivity index (χ2n) is 6.77. The third kappa shape index (κ3) is 3.03. The second kappa shape index (κ2) is 6.64. The first-order chi connectivity index (χ1) is 12.5. The van der Waals surface area contributed by atoms with Gasteiger partial charge in [0.25, 0.3) is 0 Å². The van der Waals surface area contributed by atoms with Gasteiger partial charge in [0.15, 0.2) is 5.13 Å². The van der Waals surface area contributed by atoms with E-state index in [1.54, 1.807) is 0 Å². The lowest BCUT2D eigenvalue weighted by molar-refractivity contribution is -0.140. The maximum absolute atomic E-state index is 12.4. The predicted molar refractivity (Wildman–Crippen MR) is 99.7 cm³/mol. The smallest absolute Gasteiger partial charge is 0.233 e. The van der Waals surface area contributed by atoms with Gasteiger partial charge in [0, 0.05) is 13.0 Å². The molecule has 1 aliphatic heterocycles. The number of benzene rings is 1. The minimum atomic E-state index is -0.247. The van der Waals surface area contributed by atoms with Crippen LogP contribution in [0.3, 0.4) is 0 Å². The highest BCUT2D eigenvalue weighted by atomic mass is 32.1. The molecular weight excluding hydrogens is 350 g/mol. The highest BCUT2D eigenvalue weighted by Gasteiger charge is 2.46. The lowest BCUT2D eigenvalue weighted by Gasteiger charge is -2.14. The number of aryl methyl sites for hydroxylation is 1. The number of thiazole rings is 1. The van der Waals surface area contributed by atoms with Crippen LogP contribution in [0.5, 0.6) is 0 Å². The van der Waals surface area contributed by atoms with Crippen LogP contribution in [-0.4, -0.2) is 34.2 Å². The summed E-state index contributed by atoms with van der Waals surface area (Å²) < 4.78 is 1.02. The first-order valence-electron chi connectivity index (χ1n) is 8.70. The maximum atomic E-state index is 12.4. The lowest BCUT2D eigenvalue weighted by atomic mass is 9.85. The van der Waals surface area contributed by atoms with Gasteiger partial charge >= 0.3 is 0 Å². The number of rotatable bonds is 4. The van der Waals surface area contributed by atoms with Crippen molar-refractivity contribution < 1.29 is 14.4 Å². The summed E-state index contributed by atoms with van der Waals surface area (Å²) in [7, 11) is 0. The average molecular weight is 369 g/mol. The fourth-order valence-electron chi connectivity index (χ4n) is 3.57. The van der Waals surface area contributed by atoms with Crippen LogP contribution in [0.1, 0.15) is 24.8 Å². The Morgan fingerprint density at radius 1 is 1.23 bits per heavy atom. The Kier molecular flexibility index (Phi) is 4.32. The van der Waals surface area contributed by atoms with Crippen molar-refractivity contribution in [2.45, 2.75) is 26.2 Å². The van der Waals surface area contributed by atoms with Crippen molar-refractivity contribution in [1.29, 1.82) is 0 Å². The van der Waals surface area contributed by atoms with Crippen LogP contribution in [0.15, 0.2) is 30.4 Å². The molecule has 2 atom stereocenters. The molecule has 1 N–H and O–H groups in total. The van der Waals surface area contributed by atoms with Gasteiger partial charge in [-0.05, 0) is 37.5 Å². The van der Waals surface area contributed by atoms with E-state index in [0.717, 1.165) is 15.8 Å². The number of carbonyl (C=O) groups excluding carboxylic acids is 3. The lowest BCUT2D eigenvalue weighted by Crippen LogP contribution is -2.34. The van der Waals surface area contributed by atoms with E-state index < -0.39 is 0 Å². The van der Waals surface area contributed by atoms with E-state index in [0.29, 0.717) is 18.0 Å². The zero-order valence-electron chi connectivity index (χ0n) is 14.4. The van der Waals surface area contributed by atoms with Gasteiger partial charge in [-0.2, -0.15) is 0 Å². The van der Waals surface area contributed by atoms with Crippen molar-refractivity contribution in [3.8, 4) is 0 Å². The number of allylic oxidation sites excluding steroid dienone is 2. The van der Waals surface area contributed by atoms with Crippen LogP contribution in [0.25, 0.3) is 10.2 Å². The van der Waals surface area contributed by atoms with E-state index in [9.17, 15) is 14.4 Å². The minimum Gasteiger partial charge on any atom is -0.302 e. The molecule has 2 heterocycles. The number of carbonyl (C=O) groups is 3. The summed E-state index contributed by atoms with van der Waals surface area (Å²) in [6.45, 7) is 2.13. The number of nitrogens with zero attached hydrogens (tertiary/aromatic N) is 2. The van der Waals surface area contributed by atoms with Crippen LogP contribution < -0.4 is 5.32 Å². The fourth-order valence-corrected chi connectivity index (χ4v) is 4.55. The molecule has 2 aromatic rings. The molecule has 1 saturated heterocycles. The average Bonchev–Trinajstić information content (AvgIpc) is 3.12. The first kappa shape index (κ1) is 16.9. The number of aromatic nitrogens is 1. The molecule has 134 valence electrons. The largest absolute Gasteiger partial charge is 0.302 e. The number of hydrogen-bond acceptors (Lipinski definition) is 5. The van der Waals surface area contributed by atoms with Crippen molar-refractivity contribution in [2.75, 3.05) is 11.9 Å². The number of nitrogens with one attached hydrogen (secondary N) is 1. The van der Waals surface area contributed by atoms with Gasteiger partial charge in [-0.1, -0.05) is 29.6 Å². The van der Waals surface area contributed by atoms with E-state index in [4.69, 9.17) is 0 Å². The molecule has 1 fully saturated rings. The van der Waals surface area contributed by atoms with Crippen molar-refractivity contribution in [3.05, 3.63) is 35.9 Å². The number of imide groups is 1. The number of amides is 3. The van der Waals surface area contributed by atoms with Gasteiger partial charge in [0.1, 0.15) is 0 Å². The zero-order valence-corrected chi connectivity index (χ0v) is 15.2.